The maximum absolute atomic E-state index is 12.9. The number of rotatable bonds is 5. The fourth-order valence-corrected chi connectivity index (χ4v) is 2.57. The predicted octanol–water partition coefficient (Wildman–Crippen LogP) is 2.77. The standard InChI is InChI=1S/C17H16FN3O2S/c1-2-3-4-5-15(22)20-21-16(23)10-14-11-24-17(19-14)12-6-8-13(18)9-7-12/h2-9,11H,10H2,1H3,(H,20,22)(H,21,23)/b3-2+,5-4+. The number of hydrogen-bond acceptors (Lipinski definition) is 4. The molecule has 0 aliphatic heterocycles. The van der Waals surface area contributed by atoms with E-state index in [1.54, 1.807) is 35.7 Å². The highest BCUT2D eigenvalue weighted by Crippen LogP contribution is 2.23. The van der Waals surface area contributed by atoms with E-state index in [1.165, 1.54) is 29.5 Å². The number of benzene rings is 1. The number of thiazole rings is 1. The number of allylic oxidation sites excluding steroid dienone is 3. The first-order valence-electron chi connectivity index (χ1n) is 7.17. The van der Waals surface area contributed by atoms with Gasteiger partial charge in [-0.05, 0) is 31.2 Å². The van der Waals surface area contributed by atoms with Crippen molar-refractivity contribution in [2.45, 2.75) is 13.3 Å². The molecule has 7 heteroatoms. The average Bonchev–Trinajstić information content (AvgIpc) is 3.02. The lowest BCUT2D eigenvalue weighted by Gasteiger charge is -2.03. The van der Waals surface area contributed by atoms with Crippen LogP contribution in [0.1, 0.15) is 12.6 Å². The van der Waals surface area contributed by atoms with Crippen LogP contribution < -0.4 is 10.9 Å². The van der Waals surface area contributed by atoms with E-state index in [0.29, 0.717) is 10.7 Å². The molecule has 1 heterocycles. The first kappa shape index (κ1) is 17.6. The summed E-state index contributed by atoms with van der Waals surface area (Å²) in [5.41, 5.74) is 5.96. The molecule has 0 bridgehead atoms. The van der Waals surface area contributed by atoms with E-state index >= 15 is 0 Å². The summed E-state index contributed by atoms with van der Waals surface area (Å²) in [5, 5.41) is 2.46. The largest absolute Gasteiger partial charge is 0.273 e. The minimum atomic E-state index is -0.424. The van der Waals surface area contributed by atoms with Crippen LogP contribution in [-0.2, 0) is 16.0 Å². The van der Waals surface area contributed by atoms with Gasteiger partial charge in [0.15, 0.2) is 0 Å². The zero-order chi connectivity index (χ0) is 17.4. The average molecular weight is 345 g/mol. The number of aromatic nitrogens is 1. The lowest BCUT2D eigenvalue weighted by molar-refractivity contribution is -0.126. The Morgan fingerprint density at radius 2 is 1.96 bits per heavy atom. The molecule has 2 aromatic rings. The first-order chi connectivity index (χ1) is 11.6. The number of hydrazine groups is 1. The highest BCUT2D eigenvalue weighted by atomic mass is 32.1. The summed E-state index contributed by atoms with van der Waals surface area (Å²) in [4.78, 5) is 27.5. The summed E-state index contributed by atoms with van der Waals surface area (Å²) in [7, 11) is 0. The van der Waals surface area contributed by atoms with Gasteiger partial charge in [0.05, 0.1) is 12.1 Å². The van der Waals surface area contributed by atoms with E-state index in [9.17, 15) is 14.0 Å². The number of nitrogens with zero attached hydrogens (tertiary/aromatic N) is 1. The topological polar surface area (TPSA) is 71.1 Å². The van der Waals surface area contributed by atoms with Crippen molar-refractivity contribution in [1.29, 1.82) is 0 Å². The predicted molar refractivity (Wildman–Crippen MR) is 91.5 cm³/mol. The molecule has 2 N–H and O–H groups in total. The van der Waals surface area contributed by atoms with Crippen LogP contribution in [0, 0.1) is 5.82 Å². The molecule has 124 valence electrons. The summed E-state index contributed by atoms with van der Waals surface area (Å²) in [6.45, 7) is 1.83. The van der Waals surface area contributed by atoms with Crippen LogP contribution in [0.4, 0.5) is 4.39 Å². The van der Waals surface area contributed by atoms with E-state index in [4.69, 9.17) is 0 Å². The number of hydrogen-bond donors (Lipinski definition) is 2. The van der Waals surface area contributed by atoms with Gasteiger partial charge in [0.2, 0.25) is 5.91 Å². The number of carbonyl (C=O) groups is 2. The van der Waals surface area contributed by atoms with Crippen molar-refractivity contribution >= 4 is 23.2 Å². The van der Waals surface area contributed by atoms with Gasteiger partial charge in [0.25, 0.3) is 5.91 Å². The Hall–Kier alpha value is -2.80. The maximum atomic E-state index is 12.9. The summed E-state index contributed by atoms with van der Waals surface area (Å²) in [6.07, 6.45) is 6.39. The fraction of sp³-hybridized carbons (Fsp3) is 0.118. The number of carbonyl (C=O) groups excluding carboxylic acids is 2. The van der Waals surface area contributed by atoms with Crippen molar-refractivity contribution in [2.75, 3.05) is 0 Å². The van der Waals surface area contributed by atoms with Crippen molar-refractivity contribution in [3.63, 3.8) is 0 Å². The number of amides is 2. The molecule has 0 atom stereocenters. The Morgan fingerprint density at radius 3 is 2.67 bits per heavy atom. The smallest absolute Gasteiger partial charge is 0.262 e. The molecule has 1 aromatic heterocycles. The third-order valence-electron chi connectivity index (χ3n) is 2.86. The lowest BCUT2D eigenvalue weighted by atomic mass is 10.2. The molecular weight excluding hydrogens is 329 g/mol. The summed E-state index contributed by atoms with van der Waals surface area (Å²) in [6, 6.07) is 5.99. The maximum Gasteiger partial charge on any atom is 0.262 e. The van der Waals surface area contributed by atoms with Gasteiger partial charge in [0.1, 0.15) is 10.8 Å². The molecule has 5 nitrogen and oxygen atoms in total. The summed E-state index contributed by atoms with van der Waals surface area (Å²) >= 11 is 1.37. The minimum absolute atomic E-state index is 0.0382. The first-order valence-corrected chi connectivity index (χ1v) is 8.05. The molecule has 24 heavy (non-hydrogen) atoms. The Bertz CT molecular complexity index is 766. The third kappa shape index (κ3) is 5.44. The molecule has 2 amide bonds. The van der Waals surface area contributed by atoms with Crippen LogP contribution >= 0.6 is 11.3 Å². The van der Waals surface area contributed by atoms with Gasteiger partial charge in [-0.2, -0.15) is 0 Å². The van der Waals surface area contributed by atoms with Crippen LogP contribution in [0.3, 0.4) is 0 Å². The summed E-state index contributed by atoms with van der Waals surface area (Å²) in [5.74, 6) is -1.11. The van der Waals surface area contributed by atoms with Crippen molar-refractivity contribution in [3.8, 4) is 10.6 Å². The molecule has 2 rings (SSSR count). The van der Waals surface area contributed by atoms with Gasteiger partial charge in [-0.1, -0.05) is 18.2 Å². The van der Waals surface area contributed by atoms with Gasteiger partial charge >= 0.3 is 0 Å². The van der Waals surface area contributed by atoms with E-state index < -0.39 is 5.91 Å². The van der Waals surface area contributed by atoms with Crippen LogP contribution in [0.15, 0.2) is 53.9 Å². The zero-order valence-electron chi connectivity index (χ0n) is 13.0. The van der Waals surface area contributed by atoms with Gasteiger partial charge in [-0.15, -0.1) is 11.3 Å². The van der Waals surface area contributed by atoms with Gasteiger partial charge in [-0.25, -0.2) is 9.37 Å². The van der Waals surface area contributed by atoms with Crippen LogP contribution in [0.25, 0.3) is 10.6 Å². The van der Waals surface area contributed by atoms with Crippen molar-refractivity contribution in [1.82, 2.24) is 15.8 Å². The quantitative estimate of drug-likeness (QED) is 0.497. The third-order valence-corrected chi connectivity index (χ3v) is 3.80. The Labute approximate surface area is 142 Å². The zero-order valence-corrected chi connectivity index (χ0v) is 13.8. The fourth-order valence-electron chi connectivity index (χ4n) is 1.75. The van der Waals surface area contributed by atoms with Crippen LogP contribution in [-0.4, -0.2) is 16.8 Å². The van der Waals surface area contributed by atoms with Crippen LogP contribution in [0.2, 0.25) is 0 Å². The molecule has 0 aliphatic carbocycles. The van der Waals surface area contributed by atoms with E-state index in [2.05, 4.69) is 15.8 Å². The monoisotopic (exact) mass is 345 g/mol. The van der Waals surface area contributed by atoms with Gasteiger partial charge < -0.3 is 0 Å². The molecule has 1 aromatic carbocycles. The molecule has 0 aliphatic rings. The second-order valence-electron chi connectivity index (χ2n) is 4.75. The molecule has 0 saturated carbocycles. The van der Waals surface area contributed by atoms with E-state index in [0.717, 1.165) is 5.56 Å². The minimum Gasteiger partial charge on any atom is -0.273 e. The molecule has 0 radical (unpaired) electrons. The number of nitrogens with one attached hydrogen (secondary N) is 2. The Morgan fingerprint density at radius 1 is 1.21 bits per heavy atom. The molecular formula is C17H16FN3O2S. The van der Waals surface area contributed by atoms with Crippen molar-refractivity contribution < 1.29 is 14.0 Å². The normalized spacial score (nSPS) is 11.1. The second-order valence-corrected chi connectivity index (χ2v) is 5.61. The van der Waals surface area contributed by atoms with E-state index in [-0.39, 0.29) is 18.1 Å². The van der Waals surface area contributed by atoms with Crippen molar-refractivity contribution in [3.05, 3.63) is 65.5 Å². The second kappa shape index (κ2) is 8.73. The lowest BCUT2D eigenvalue weighted by Crippen LogP contribution is -2.41. The highest BCUT2D eigenvalue weighted by molar-refractivity contribution is 7.13. The van der Waals surface area contributed by atoms with Crippen molar-refractivity contribution in [2.24, 2.45) is 0 Å². The Kier molecular flexibility index (Phi) is 6.39. The summed E-state index contributed by atoms with van der Waals surface area (Å²) < 4.78 is 12.9. The SMILES string of the molecule is C/C=C/C=C/C(=O)NNC(=O)Cc1csc(-c2ccc(F)cc2)n1. The number of halogens is 1. The Balaban J connectivity index is 1.86. The van der Waals surface area contributed by atoms with Gasteiger partial charge in [0, 0.05) is 17.0 Å². The highest BCUT2D eigenvalue weighted by Gasteiger charge is 2.09. The molecule has 0 fully saturated rings. The molecule has 0 saturated heterocycles. The molecule has 0 unspecified atom stereocenters. The van der Waals surface area contributed by atoms with Gasteiger partial charge in [-0.3, -0.25) is 20.4 Å². The molecule has 0 spiro atoms. The van der Waals surface area contributed by atoms with E-state index in [1.807, 2.05) is 6.92 Å². The van der Waals surface area contributed by atoms with Crippen LogP contribution in [0.5, 0.6) is 0 Å².